The van der Waals surface area contributed by atoms with E-state index < -0.39 is 0 Å². The largest absolute Gasteiger partial charge is 0.338 e. The zero-order valence-corrected chi connectivity index (χ0v) is 12.8. The Hall–Kier alpha value is -0.580. The molecule has 1 aliphatic heterocycles. The Bertz CT molecular complexity index is 406. The van der Waals surface area contributed by atoms with E-state index >= 15 is 0 Å². The molecule has 18 heavy (non-hydrogen) atoms. The molecule has 1 heterocycles. The van der Waals surface area contributed by atoms with Crippen molar-refractivity contribution in [2.24, 2.45) is 0 Å². The highest BCUT2D eigenvalue weighted by molar-refractivity contribution is 8.22. The van der Waals surface area contributed by atoms with Gasteiger partial charge in [-0.1, -0.05) is 54.3 Å². The molecule has 1 unspecified atom stereocenters. The Balaban J connectivity index is 2.13. The summed E-state index contributed by atoms with van der Waals surface area (Å²) in [4.78, 5) is 4.76. The van der Waals surface area contributed by atoms with Gasteiger partial charge in [0.2, 0.25) is 0 Å². The number of hydrogen-bond donors (Lipinski definition) is 0. The van der Waals surface area contributed by atoms with Gasteiger partial charge in [-0.05, 0) is 26.3 Å². The maximum Gasteiger partial charge on any atom is 0.139 e. The van der Waals surface area contributed by atoms with Gasteiger partial charge in [-0.25, -0.2) is 0 Å². The van der Waals surface area contributed by atoms with Gasteiger partial charge >= 0.3 is 0 Å². The molecule has 1 aromatic rings. The quantitative estimate of drug-likeness (QED) is 0.778. The van der Waals surface area contributed by atoms with Crippen molar-refractivity contribution in [1.29, 1.82) is 0 Å². The molecular formula is C14H20N2S2. The third-order valence-electron chi connectivity index (χ3n) is 3.40. The highest BCUT2D eigenvalue weighted by Crippen LogP contribution is 2.29. The van der Waals surface area contributed by atoms with E-state index in [-0.39, 0.29) is 0 Å². The van der Waals surface area contributed by atoms with E-state index in [1.807, 2.05) is 0 Å². The molecule has 0 aromatic heterocycles. The van der Waals surface area contributed by atoms with Gasteiger partial charge in [0.1, 0.15) is 4.32 Å². The van der Waals surface area contributed by atoms with Gasteiger partial charge in [-0.15, -0.1) is 0 Å². The van der Waals surface area contributed by atoms with Gasteiger partial charge in [0, 0.05) is 6.04 Å². The van der Waals surface area contributed by atoms with Crippen LogP contribution < -0.4 is 0 Å². The van der Waals surface area contributed by atoms with Crippen LogP contribution in [0.25, 0.3) is 0 Å². The van der Waals surface area contributed by atoms with Crippen LogP contribution in [0.15, 0.2) is 30.3 Å². The van der Waals surface area contributed by atoms with Crippen LogP contribution in [0.4, 0.5) is 0 Å². The van der Waals surface area contributed by atoms with Crippen LogP contribution in [-0.2, 0) is 0 Å². The van der Waals surface area contributed by atoms with Crippen LogP contribution in [-0.4, -0.2) is 32.7 Å². The van der Waals surface area contributed by atoms with Crippen molar-refractivity contribution in [2.75, 3.05) is 12.5 Å². The molecule has 0 spiro atoms. The number of benzene rings is 1. The molecule has 98 valence electrons. The molecule has 0 N–H and O–H groups in total. The zero-order valence-electron chi connectivity index (χ0n) is 11.2. The van der Waals surface area contributed by atoms with Crippen LogP contribution in [0.2, 0.25) is 0 Å². The van der Waals surface area contributed by atoms with E-state index in [4.69, 9.17) is 12.2 Å². The fraction of sp³-hybridized carbons (Fsp3) is 0.500. The van der Waals surface area contributed by atoms with Crippen LogP contribution in [0, 0.1) is 0 Å². The van der Waals surface area contributed by atoms with Gasteiger partial charge in [-0.2, -0.15) is 0 Å². The Labute approximate surface area is 119 Å². The summed E-state index contributed by atoms with van der Waals surface area (Å²) in [5.41, 5.74) is 1.33. The lowest BCUT2D eigenvalue weighted by molar-refractivity contribution is 0.151. The van der Waals surface area contributed by atoms with E-state index in [1.165, 1.54) is 5.56 Å². The van der Waals surface area contributed by atoms with Gasteiger partial charge in [0.15, 0.2) is 0 Å². The average molecular weight is 280 g/mol. The second-order valence-electron chi connectivity index (χ2n) is 4.92. The SMILES string of the molecule is CC(C)N1CSC(=S)N(C(C)c2ccccc2)C1. The molecule has 0 saturated carbocycles. The molecule has 1 aromatic carbocycles. The normalized spacial score (nSPS) is 19.3. The smallest absolute Gasteiger partial charge is 0.139 e. The molecule has 4 heteroatoms. The first kappa shape index (κ1) is 13.8. The predicted molar refractivity (Wildman–Crippen MR) is 83.6 cm³/mol. The van der Waals surface area contributed by atoms with E-state index in [0.29, 0.717) is 12.1 Å². The Kier molecular flexibility index (Phi) is 4.65. The summed E-state index contributed by atoms with van der Waals surface area (Å²) in [6.45, 7) is 7.63. The van der Waals surface area contributed by atoms with E-state index in [9.17, 15) is 0 Å². The van der Waals surface area contributed by atoms with Crippen LogP contribution in [0.1, 0.15) is 32.4 Å². The second-order valence-corrected chi connectivity index (χ2v) is 6.50. The van der Waals surface area contributed by atoms with Gasteiger partial charge < -0.3 is 4.90 Å². The van der Waals surface area contributed by atoms with Crippen molar-refractivity contribution in [3.05, 3.63) is 35.9 Å². The molecule has 1 saturated heterocycles. The first-order valence-electron chi connectivity index (χ1n) is 6.32. The summed E-state index contributed by atoms with van der Waals surface area (Å²) in [6, 6.07) is 11.5. The minimum atomic E-state index is 0.341. The molecule has 2 nitrogen and oxygen atoms in total. The lowest BCUT2D eigenvalue weighted by Gasteiger charge is -2.42. The Morgan fingerprint density at radius 3 is 2.44 bits per heavy atom. The number of thioether (sulfide) groups is 1. The van der Waals surface area contributed by atoms with Gasteiger partial charge in [-0.3, -0.25) is 4.90 Å². The third kappa shape index (κ3) is 3.05. The van der Waals surface area contributed by atoms with Gasteiger partial charge in [0.25, 0.3) is 0 Å². The maximum atomic E-state index is 5.51. The molecule has 0 amide bonds. The zero-order chi connectivity index (χ0) is 13.1. The highest BCUT2D eigenvalue weighted by Gasteiger charge is 2.27. The minimum absolute atomic E-state index is 0.341. The van der Waals surface area contributed by atoms with Crippen molar-refractivity contribution in [3.63, 3.8) is 0 Å². The summed E-state index contributed by atoms with van der Waals surface area (Å²) < 4.78 is 1.02. The Morgan fingerprint density at radius 1 is 1.17 bits per heavy atom. The maximum absolute atomic E-state index is 5.51. The van der Waals surface area contributed by atoms with Crippen molar-refractivity contribution < 1.29 is 0 Å². The van der Waals surface area contributed by atoms with Gasteiger partial charge in [0.05, 0.1) is 18.6 Å². The number of thiocarbonyl (C=S) groups is 1. The lowest BCUT2D eigenvalue weighted by atomic mass is 10.1. The number of nitrogens with zero attached hydrogens (tertiary/aromatic N) is 2. The van der Waals surface area contributed by atoms with Crippen LogP contribution >= 0.6 is 24.0 Å². The summed E-state index contributed by atoms with van der Waals surface area (Å²) in [7, 11) is 0. The lowest BCUT2D eigenvalue weighted by Crippen LogP contribution is -2.48. The summed E-state index contributed by atoms with van der Waals surface area (Å²) in [5, 5.41) is 0. The molecular weight excluding hydrogens is 260 g/mol. The van der Waals surface area contributed by atoms with Crippen LogP contribution in [0.3, 0.4) is 0 Å². The van der Waals surface area contributed by atoms with Crippen LogP contribution in [0.5, 0.6) is 0 Å². The summed E-state index contributed by atoms with van der Waals surface area (Å²) in [5.74, 6) is 1.01. The van der Waals surface area contributed by atoms with Crippen molar-refractivity contribution in [3.8, 4) is 0 Å². The Morgan fingerprint density at radius 2 is 1.83 bits per heavy atom. The molecule has 1 aliphatic rings. The fourth-order valence-corrected chi connectivity index (χ4v) is 3.43. The molecule has 1 fully saturated rings. The standard InChI is InChI=1S/C14H20N2S2/c1-11(2)15-9-16(14(17)18-10-15)12(3)13-7-5-4-6-8-13/h4-8,11-12H,9-10H2,1-3H3. The minimum Gasteiger partial charge on any atom is -0.338 e. The average Bonchev–Trinajstić information content (AvgIpc) is 2.39. The topological polar surface area (TPSA) is 6.48 Å². The fourth-order valence-electron chi connectivity index (χ4n) is 2.02. The third-order valence-corrected chi connectivity index (χ3v) is 4.93. The van der Waals surface area contributed by atoms with Crippen molar-refractivity contribution in [2.45, 2.75) is 32.9 Å². The molecule has 2 rings (SSSR count). The molecule has 0 radical (unpaired) electrons. The molecule has 0 aliphatic carbocycles. The van der Waals surface area contributed by atoms with E-state index in [2.05, 4.69) is 60.9 Å². The second kappa shape index (κ2) is 6.04. The first-order valence-corrected chi connectivity index (χ1v) is 7.71. The first-order chi connectivity index (χ1) is 8.59. The van der Waals surface area contributed by atoms with E-state index in [0.717, 1.165) is 16.9 Å². The number of hydrogen-bond acceptors (Lipinski definition) is 3. The number of rotatable bonds is 3. The molecule has 1 atom stereocenters. The van der Waals surface area contributed by atoms with E-state index in [1.54, 1.807) is 11.8 Å². The molecule has 0 bridgehead atoms. The summed E-state index contributed by atoms with van der Waals surface area (Å²) >= 11 is 7.27. The summed E-state index contributed by atoms with van der Waals surface area (Å²) in [6.07, 6.45) is 0. The monoisotopic (exact) mass is 280 g/mol. The van der Waals surface area contributed by atoms with Crippen molar-refractivity contribution >= 4 is 28.3 Å². The highest BCUT2D eigenvalue weighted by atomic mass is 32.2. The van der Waals surface area contributed by atoms with Crippen molar-refractivity contribution in [1.82, 2.24) is 9.80 Å². The predicted octanol–water partition coefficient (Wildman–Crippen LogP) is 3.71.